The Labute approximate surface area is 158 Å². The molecule has 150 valence electrons. The maximum atomic E-state index is 12.1. The Morgan fingerprint density at radius 3 is 2.04 bits per heavy atom. The number of esters is 1. The lowest BCUT2D eigenvalue weighted by Crippen LogP contribution is -2.44. The van der Waals surface area contributed by atoms with Crippen molar-refractivity contribution in [2.45, 2.75) is 85.2 Å². The second-order valence-corrected chi connectivity index (χ2v) is 9.26. The van der Waals surface area contributed by atoms with Gasteiger partial charge in [-0.15, -0.1) is 0 Å². The van der Waals surface area contributed by atoms with Crippen LogP contribution in [0.2, 0.25) is 0 Å². The number of hydrogen-bond donors (Lipinski definition) is 0. The summed E-state index contributed by atoms with van der Waals surface area (Å²) >= 11 is 0. The Balaban J connectivity index is 1.51. The fourth-order valence-corrected chi connectivity index (χ4v) is 3.83. The molecular weight excluding hydrogens is 332 g/mol. The van der Waals surface area contributed by atoms with Crippen molar-refractivity contribution in [2.75, 3.05) is 20.0 Å². The first kappa shape index (κ1) is 21.4. The van der Waals surface area contributed by atoms with Gasteiger partial charge >= 0.3 is 5.97 Å². The molecule has 2 heterocycles. The molecule has 0 radical (unpaired) electrons. The van der Waals surface area contributed by atoms with Crippen LogP contribution in [0.5, 0.6) is 0 Å². The van der Waals surface area contributed by atoms with E-state index in [1.54, 1.807) is 0 Å². The Morgan fingerprint density at radius 1 is 0.962 bits per heavy atom. The molecule has 5 nitrogen and oxygen atoms in total. The van der Waals surface area contributed by atoms with E-state index in [0.717, 1.165) is 38.5 Å². The normalized spacial score (nSPS) is 23.6. The zero-order valence-electron chi connectivity index (χ0n) is 17.0. The number of hydrogen-bond acceptors (Lipinski definition) is 5. The molecule has 26 heavy (non-hydrogen) atoms. The number of unbranched alkanes of at least 4 members (excludes halogenated alkanes) is 2. The summed E-state index contributed by atoms with van der Waals surface area (Å²) in [7, 11) is 0. The van der Waals surface area contributed by atoms with Crippen LogP contribution < -0.4 is 0 Å². The van der Waals surface area contributed by atoms with Gasteiger partial charge in [-0.3, -0.25) is 9.59 Å². The number of rotatable bonds is 12. The average molecular weight is 369 g/mol. The minimum Gasteiger partial charge on any atom is -0.464 e. The number of carbonyl (C=O) groups excluding carboxylic acids is 2. The minimum absolute atomic E-state index is 0.0179. The molecule has 0 N–H and O–H groups in total. The van der Waals surface area contributed by atoms with Gasteiger partial charge in [0.25, 0.3) is 0 Å². The van der Waals surface area contributed by atoms with Gasteiger partial charge in [0.1, 0.15) is 19.2 Å². The van der Waals surface area contributed by atoms with E-state index >= 15 is 0 Å². The van der Waals surface area contributed by atoms with Crippen molar-refractivity contribution < 1.29 is 23.8 Å². The molecule has 2 aliphatic heterocycles. The lowest BCUT2D eigenvalue weighted by Gasteiger charge is -2.38. The molecule has 0 saturated carbocycles. The third-order valence-electron chi connectivity index (χ3n) is 6.17. The van der Waals surface area contributed by atoms with Crippen LogP contribution in [0.4, 0.5) is 0 Å². The van der Waals surface area contributed by atoms with Gasteiger partial charge in [-0.1, -0.05) is 40.5 Å². The molecule has 0 aromatic rings. The summed E-state index contributed by atoms with van der Waals surface area (Å²) in [6, 6.07) is 0. The molecule has 5 heteroatoms. The van der Waals surface area contributed by atoms with E-state index in [1.165, 1.54) is 0 Å². The smallest absolute Gasteiger partial charge is 0.312 e. The van der Waals surface area contributed by atoms with Crippen LogP contribution in [-0.2, 0) is 23.8 Å². The predicted molar refractivity (Wildman–Crippen MR) is 99.6 cm³/mol. The van der Waals surface area contributed by atoms with Crippen LogP contribution in [0.25, 0.3) is 0 Å². The van der Waals surface area contributed by atoms with Gasteiger partial charge in [-0.05, 0) is 36.5 Å². The van der Waals surface area contributed by atoms with E-state index in [2.05, 4.69) is 27.7 Å². The first-order valence-electron chi connectivity index (χ1n) is 10.1. The Morgan fingerprint density at radius 2 is 1.58 bits per heavy atom. The van der Waals surface area contributed by atoms with E-state index in [-0.39, 0.29) is 28.8 Å². The highest BCUT2D eigenvalue weighted by Gasteiger charge is 2.42. The van der Waals surface area contributed by atoms with Crippen molar-refractivity contribution in [2.24, 2.45) is 16.7 Å². The highest BCUT2D eigenvalue weighted by atomic mass is 16.7. The summed E-state index contributed by atoms with van der Waals surface area (Å²) in [5, 5.41) is 0. The van der Waals surface area contributed by atoms with Crippen LogP contribution in [0.1, 0.15) is 79.1 Å². The van der Waals surface area contributed by atoms with E-state index in [4.69, 9.17) is 14.2 Å². The monoisotopic (exact) mass is 368 g/mol. The van der Waals surface area contributed by atoms with Crippen molar-refractivity contribution in [3.63, 3.8) is 0 Å². The van der Waals surface area contributed by atoms with Gasteiger partial charge in [-0.25, -0.2) is 0 Å². The number of Topliss-reactive ketones (excluding diaryl/α,β-unsaturated/α-hetero) is 1. The molecule has 2 unspecified atom stereocenters. The van der Waals surface area contributed by atoms with Crippen LogP contribution in [0.3, 0.4) is 0 Å². The van der Waals surface area contributed by atoms with Gasteiger partial charge < -0.3 is 14.2 Å². The lowest BCUT2D eigenvalue weighted by atomic mass is 9.73. The topological polar surface area (TPSA) is 61.8 Å². The van der Waals surface area contributed by atoms with Crippen LogP contribution in [0, 0.1) is 16.7 Å². The van der Waals surface area contributed by atoms with E-state index in [0.29, 0.717) is 38.6 Å². The van der Waals surface area contributed by atoms with Crippen molar-refractivity contribution in [3.8, 4) is 0 Å². The quantitative estimate of drug-likeness (QED) is 0.380. The summed E-state index contributed by atoms with van der Waals surface area (Å²) in [6.07, 6.45) is 7.46. The zero-order valence-corrected chi connectivity index (χ0v) is 17.0. The molecule has 2 aliphatic rings. The van der Waals surface area contributed by atoms with Crippen LogP contribution in [-0.4, -0.2) is 37.9 Å². The van der Waals surface area contributed by atoms with Crippen molar-refractivity contribution >= 4 is 11.8 Å². The first-order chi connectivity index (χ1) is 12.2. The predicted octanol–water partition coefficient (Wildman–Crippen LogP) is 4.27. The van der Waals surface area contributed by atoms with E-state index < -0.39 is 0 Å². The molecule has 0 aliphatic carbocycles. The molecule has 0 amide bonds. The maximum absolute atomic E-state index is 12.1. The molecule has 2 atom stereocenters. The largest absolute Gasteiger partial charge is 0.464 e. The second-order valence-electron chi connectivity index (χ2n) is 9.26. The number of carbonyl (C=O) groups is 2. The Kier molecular flexibility index (Phi) is 7.65. The van der Waals surface area contributed by atoms with E-state index in [9.17, 15) is 9.59 Å². The standard InChI is InChI=1S/C21H36O5/c1-20(2,17-13-25-19(17)23)11-7-5-9-16(22)10-6-8-12-21(3,4)18-14-24-15-26-18/h17-18H,5-15H2,1-4H3. The zero-order chi connectivity index (χ0) is 19.2. The fraction of sp³-hybridized carbons (Fsp3) is 0.905. The fourth-order valence-electron chi connectivity index (χ4n) is 3.83. The summed E-state index contributed by atoms with van der Waals surface area (Å²) in [4.78, 5) is 23.5. The molecule has 0 aromatic heterocycles. The van der Waals surface area contributed by atoms with Gasteiger partial charge in [-0.2, -0.15) is 0 Å². The molecule has 0 spiro atoms. The number of ketones is 1. The average Bonchev–Trinajstić information content (AvgIpc) is 3.09. The maximum Gasteiger partial charge on any atom is 0.312 e. The molecular formula is C21H36O5. The van der Waals surface area contributed by atoms with E-state index in [1.807, 2.05) is 0 Å². The molecule has 0 bridgehead atoms. The lowest BCUT2D eigenvalue weighted by molar-refractivity contribution is -0.178. The van der Waals surface area contributed by atoms with Gasteiger partial charge in [0, 0.05) is 12.8 Å². The van der Waals surface area contributed by atoms with Crippen LogP contribution in [0.15, 0.2) is 0 Å². The van der Waals surface area contributed by atoms with Gasteiger partial charge in [0.05, 0.1) is 18.6 Å². The van der Waals surface area contributed by atoms with Gasteiger partial charge in [0.2, 0.25) is 0 Å². The Bertz CT molecular complexity index is 477. The summed E-state index contributed by atoms with van der Waals surface area (Å²) in [5.41, 5.74) is 0.0871. The third-order valence-corrected chi connectivity index (χ3v) is 6.17. The second kappa shape index (κ2) is 9.32. The first-order valence-corrected chi connectivity index (χ1v) is 10.1. The SMILES string of the molecule is CC(C)(CCCCC(=O)CCCCC(C)(C)C1COC1=O)C1COCO1. The number of ether oxygens (including phenoxy) is 3. The van der Waals surface area contributed by atoms with Crippen molar-refractivity contribution in [3.05, 3.63) is 0 Å². The van der Waals surface area contributed by atoms with Crippen LogP contribution >= 0.6 is 0 Å². The van der Waals surface area contributed by atoms with Crippen molar-refractivity contribution in [1.82, 2.24) is 0 Å². The highest BCUT2D eigenvalue weighted by Crippen LogP contribution is 2.38. The third kappa shape index (κ3) is 6.05. The Hall–Kier alpha value is -0.940. The van der Waals surface area contributed by atoms with Gasteiger partial charge in [0.15, 0.2) is 0 Å². The number of cyclic esters (lactones) is 1. The summed E-state index contributed by atoms with van der Waals surface area (Å²) in [6.45, 7) is 10.3. The molecule has 0 aromatic carbocycles. The summed E-state index contributed by atoms with van der Waals surface area (Å²) < 4.78 is 15.8. The summed E-state index contributed by atoms with van der Waals surface area (Å²) in [5.74, 6) is 0.337. The molecule has 2 saturated heterocycles. The molecule has 2 fully saturated rings. The molecule has 2 rings (SSSR count). The highest BCUT2D eigenvalue weighted by molar-refractivity contribution is 5.78. The minimum atomic E-state index is -0.0661. The van der Waals surface area contributed by atoms with Crippen molar-refractivity contribution in [1.29, 1.82) is 0 Å².